The summed E-state index contributed by atoms with van der Waals surface area (Å²) in [6, 6.07) is 0. The Hall–Kier alpha value is -2.41. The van der Waals surface area contributed by atoms with Crippen LogP contribution in [-0.2, 0) is 0 Å². The Kier molecular flexibility index (Phi) is 33.1. The van der Waals surface area contributed by atoms with Crippen LogP contribution >= 0.6 is 12.4 Å². The zero-order valence-electron chi connectivity index (χ0n) is 9.64. The highest BCUT2D eigenvalue weighted by Gasteiger charge is 1.91. The molecule has 0 saturated carbocycles. The third-order valence-corrected chi connectivity index (χ3v) is 0.643. The Labute approximate surface area is 115 Å². The van der Waals surface area contributed by atoms with Crippen molar-refractivity contribution in [3.63, 3.8) is 0 Å². The van der Waals surface area contributed by atoms with Crippen molar-refractivity contribution in [1.82, 2.24) is 5.32 Å². The molecule has 0 radical (unpaired) electrons. The Morgan fingerprint density at radius 1 is 1.05 bits per heavy atom. The van der Waals surface area contributed by atoms with Gasteiger partial charge in [0.2, 0.25) is 0 Å². The molecule has 0 aromatic heterocycles. The number of rotatable bonds is 2. The number of nitrogens with zero attached hydrogens (tertiary/aromatic N) is 4. The summed E-state index contributed by atoms with van der Waals surface area (Å²) in [5.41, 5.74) is 18.5. The van der Waals surface area contributed by atoms with Gasteiger partial charge in [-0.2, -0.15) is 0 Å². The standard InChI is InChI=1S/C2H6N4O2.CH4N4O2.CH5N.CH4.ClH/c1-4-2(3)5-6(7)8;2-1(3)4-5(6)7;1-2;;/h1H3,(H3,3,4,5);(H4,2,3,4);2H2,1H3;1H4;1H. The van der Waals surface area contributed by atoms with E-state index in [-0.39, 0.29) is 25.8 Å². The molecule has 9 N–H and O–H groups in total. The van der Waals surface area contributed by atoms with Crippen LogP contribution in [0.15, 0.2) is 10.2 Å². The lowest BCUT2D eigenvalue weighted by Gasteiger charge is -1.87. The second-order valence-corrected chi connectivity index (χ2v) is 1.74. The number of nitro groups is 2. The van der Waals surface area contributed by atoms with E-state index in [1.165, 1.54) is 14.1 Å². The van der Waals surface area contributed by atoms with Gasteiger partial charge in [-0.15, -0.1) is 12.4 Å². The predicted octanol–water partition coefficient (Wildman–Crippen LogP) is -2.20. The van der Waals surface area contributed by atoms with Gasteiger partial charge in [-0.3, -0.25) is 0 Å². The molecule has 0 spiro atoms. The number of hydrogen-bond donors (Lipinski definition) is 5. The van der Waals surface area contributed by atoms with Gasteiger partial charge < -0.3 is 28.3 Å². The van der Waals surface area contributed by atoms with Crippen molar-refractivity contribution in [2.75, 3.05) is 14.1 Å². The molecule has 0 aliphatic carbocycles. The molecule has 0 heterocycles. The molecular weight excluding hydrogens is 286 g/mol. The second-order valence-electron chi connectivity index (χ2n) is 1.74. The summed E-state index contributed by atoms with van der Waals surface area (Å²) >= 11 is 0. The molecule has 13 nitrogen and oxygen atoms in total. The number of guanidine groups is 2. The summed E-state index contributed by atoms with van der Waals surface area (Å²) in [7, 11) is 2.95. The molecule has 0 rings (SSSR count). The Morgan fingerprint density at radius 3 is 1.42 bits per heavy atom. The summed E-state index contributed by atoms with van der Waals surface area (Å²) in [5.74, 6) is -0.736. The highest BCUT2D eigenvalue weighted by molar-refractivity contribution is 5.85. The summed E-state index contributed by atoms with van der Waals surface area (Å²) in [6.45, 7) is 0. The number of hydrazone groups is 2. The maximum atomic E-state index is 9.47. The van der Waals surface area contributed by atoms with Crippen molar-refractivity contribution in [1.29, 1.82) is 0 Å². The van der Waals surface area contributed by atoms with Crippen molar-refractivity contribution < 1.29 is 10.1 Å². The lowest BCUT2D eigenvalue weighted by molar-refractivity contribution is -0.485. The highest BCUT2D eigenvalue weighted by Crippen LogP contribution is 1.65. The van der Waals surface area contributed by atoms with Gasteiger partial charge in [0.1, 0.15) is 5.10 Å². The van der Waals surface area contributed by atoms with Crippen molar-refractivity contribution in [2.45, 2.75) is 7.43 Å². The van der Waals surface area contributed by atoms with E-state index in [1.807, 2.05) is 0 Å². The van der Waals surface area contributed by atoms with Gasteiger partial charge in [0.25, 0.3) is 11.9 Å². The van der Waals surface area contributed by atoms with E-state index in [1.54, 1.807) is 0 Å². The van der Waals surface area contributed by atoms with Crippen LogP contribution in [0.1, 0.15) is 7.43 Å². The Bertz CT molecular complexity index is 290. The fourth-order valence-corrected chi connectivity index (χ4v) is 0.232. The monoisotopic (exact) mass is 305 g/mol. The van der Waals surface area contributed by atoms with Crippen LogP contribution in [0.4, 0.5) is 0 Å². The maximum absolute atomic E-state index is 9.47. The highest BCUT2D eigenvalue weighted by atomic mass is 35.5. The fraction of sp³-hybridized carbons (Fsp3) is 0.600. The zero-order valence-corrected chi connectivity index (χ0v) is 10.5. The molecule has 0 unspecified atom stereocenters. The van der Waals surface area contributed by atoms with Crippen LogP contribution < -0.4 is 28.3 Å². The van der Waals surface area contributed by atoms with Gasteiger partial charge in [0.15, 0.2) is 10.1 Å². The third-order valence-electron chi connectivity index (χ3n) is 0.643. The normalized spacial score (nSPS) is 7.63. The average molecular weight is 306 g/mol. The molecule has 0 aromatic rings. The van der Waals surface area contributed by atoms with Gasteiger partial charge in [-0.1, -0.05) is 7.43 Å². The average Bonchev–Trinajstić information content (AvgIpc) is 2.18. The van der Waals surface area contributed by atoms with Crippen molar-refractivity contribution in [3.8, 4) is 0 Å². The van der Waals surface area contributed by atoms with Crippen molar-refractivity contribution in [2.24, 2.45) is 33.1 Å². The molecule has 19 heavy (non-hydrogen) atoms. The summed E-state index contributed by atoms with van der Waals surface area (Å²) in [4.78, 5) is 18.7. The van der Waals surface area contributed by atoms with Crippen LogP contribution in [0, 0.1) is 20.2 Å². The minimum atomic E-state index is -0.963. The quantitative estimate of drug-likeness (QED) is 0.161. The number of nitrogens with one attached hydrogen (secondary N) is 1. The van der Waals surface area contributed by atoms with E-state index in [4.69, 9.17) is 5.73 Å². The SMILES string of the molecule is C.CN.CN/C(N)=N/[N+](=O)[O-].Cl.NC(N)=N[N+](=O)[O-]. The van der Waals surface area contributed by atoms with Gasteiger partial charge in [-0.05, 0) is 7.05 Å². The smallest absolute Gasteiger partial charge is 0.265 e. The van der Waals surface area contributed by atoms with Crippen LogP contribution in [0.2, 0.25) is 0 Å². The molecule has 0 aromatic carbocycles. The molecule has 0 aliphatic heterocycles. The van der Waals surface area contributed by atoms with E-state index in [0.717, 1.165) is 0 Å². The number of hydrogen-bond acceptors (Lipinski definition) is 5. The van der Waals surface area contributed by atoms with Crippen LogP contribution in [-0.4, -0.2) is 36.1 Å². The van der Waals surface area contributed by atoms with Crippen molar-refractivity contribution in [3.05, 3.63) is 20.2 Å². The second kappa shape index (κ2) is 20.9. The van der Waals surface area contributed by atoms with E-state index in [2.05, 4.69) is 32.7 Å². The molecular formula is C5H20ClN9O4. The van der Waals surface area contributed by atoms with E-state index < -0.39 is 16.0 Å². The molecule has 116 valence electrons. The maximum Gasteiger partial charge on any atom is 0.265 e. The summed E-state index contributed by atoms with van der Waals surface area (Å²) in [5, 5.41) is 24.4. The van der Waals surface area contributed by atoms with Crippen LogP contribution in [0.5, 0.6) is 0 Å². The van der Waals surface area contributed by atoms with Crippen LogP contribution in [0.3, 0.4) is 0 Å². The summed E-state index contributed by atoms with van der Waals surface area (Å²) in [6.07, 6.45) is 0. The molecule has 0 amide bonds. The largest absolute Gasteiger partial charge is 0.365 e. The molecule has 0 atom stereocenters. The fourth-order valence-electron chi connectivity index (χ4n) is 0.232. The Morgan fingerprint density at radius 2 is 1.37 bits per heavy atom. The minimum absolute atomic E-state index is 0. The molecule has 0 saturated heterocycles. The molecule has 0 fully saturated rings. The lowest BCUT2D eigenvalue weighted by Crippen LogP contribution is -2.28. The summed E-state index contributed by atoms with van der Waals surface area (Å²) < 4.78 is 0. The van der Waals surface area contributed by atoms with Gasteiger partial charge in [0.05, 0.1) is 5.10 Å². The van der Waals surface area contributed by atoms with E-state index in [0.29, 0.717) is 0 Å². The topological polar surface area (TPSA) is 227 Å². The number of halogens is 1. The van der Waals surface area contributed by atoms with Crippen LogP contribution in [0.25, 0.3) is 0 Å². The number of nitrogens with two attached hydrogens (primary N) is 4. The third kappa shape index (κ3) is 50.0. The zero-order chi connectivity index (χ0) is 14.4. The predicted molar refractivity (Wildman–Crippen MR) is 74.6 cm³/mol. The van der Waals surface area contributed by atoms with Crippen molar-refractivity contribution >= 4 is 24.3 Å². The molecule has 0 aliphatic rings. The first-order valence-electron chi connectivity index (χ1n) is 3.77. The minimum Gasteiger partial charge on any atom is -0.365 e. The molecule has 14 heteroatoms. The van der Waals surface area contributed by atoms with E-state index >= 15 is 0 Å². The van der Waals surface area contributed by atoms with Gasteiger partial charge in [0, 0.05) is 7.05 Å². The lowest BCUT2D eigenvalue weighted by atomic mass is 11.0. The first-order chi connectivity index (χ1) is 7.79. The molecule has 0 bridgehead atoms. The first-order valence-corrected chi connectivity index (χ1v) is 3.77. The van der Waals surface area contributed by atoms with E-state index in [9.17, 15) is 20.2 Å². The first kappa shape index (κ1) is 30.0. The van der Waals surface area contributed by atoms with Gasteiger partial charge >= 0.3 is 0 Å². The Balaban J connectivity index is -0.0000000558. The van der Waals surface area contributed by atoms with Gasteiger partial charge in [-0.25, -0.2) is 20.2 Å².